The zero-order valence-electron chi connectivity index (χ0n) is 14.3. The number of aromatic hydroxyl groups is 1. The van der Waals surface area contributed by atoms with Gasteiger partial charge in [-0.2, -0.15) is 0 Å². The summed E-state index contributed by atoms with van der Waals surface area (Å²) in [6.45, 7) is 0.262. The maximum Gasteiger partial charge on any atom is 0.313 e. The van der Waals surface area contributed by atoms with Crippen LogP contribution in [0.25, 0.3) is 10.9 Å². The van der Waals surface area contributed by atoms with Crippen molar-refractivity contribution in [2.45, 2.75) is 0 Å². The highest BCUT2D eigenvalue weighted by molar-refractivity contribution is 6.39. The van der Waals surface area contributed by atoms with Crippen LogP contribution in [0.2, 0.25) is 0 Å². The Bertz CT molecular complexity index is 963. The number of carbonyl (C=O) groups excluding carboxylic acids is 3. The molecule has 3 amide bonds. The van der Waals surface area contributed by atoms with Crippen molar-refractivity contribution in [1.29, 1.82) is 0 Å². The number of aromatic nitrogens is 1. The van der Waals surface area contributed by atoms with E-state index < -0.39 is 11.8 Å². The number of H-pyrrole nitrogens is 1. The first-order valence-corrected chi connectivity index (χ1v) is 8.27. The van der Waals surface area contributed by atoms with Gasteiger partial charge in [-0.05, 0) is 24.3 Å². The van der Waals surface area contributed by atoms with Gasteiger partial charge in [0.1, 0.15) is 11.4 Å². The number of amides is 3. The molecule has 1 heterocycles. The highest BCUT2D eigenvalue weighted by Crippen LogP contribution is 2.15. The molecule has 0 fully saturated rings. The van der Waals surface area contributed by atoms with Gasteiger partial charge in [0, 0.05) is 35.7 Å². The van der Waals surface area contributed by atoms with Crippen molar-refractivity contribution in [2.24, 2.45) is 0 Å². The number of anilines is 1. The molecule has 27 heavy (non-hydrogen) atoms. The summed E-state index contributed by atoms with van der Waals surface area (Å²) in [5.41, 5.74) is 1.59. The molecule has 0 saturated carbocycles. The van der Waals surface area contributed by atoms with E-state index in [0.29, 0.717) is 11.4 Å². The minimum absolute atomic E-state index is 0.0205. The van der Waals surface area contributed by atoms with Gasteiger partial charge in [0.15, 0.2) is 0 Å². The standard InChI is InChI=1S/C19H18N4O4/c24-14-6-3-5-13(11-14)22-19(27)18(26)21-9-8-20-17(25)16-10-12-4-1-2-7-15(12)23-16/h1-7,10-11,23-24H,8-9H2,(H,20,25)(H,21,26)(H,22,27). The van der Waals surface area contributed by atoms with Crippen LogP contribution >= 0.6 is 0 Å². The van der Waals surface area contributed by atoms with Crippen molar-refractivity contribution in [3.8, 4) is 5.75 Å². The molecule has 3 aromatic rings. The Labute approximate surface area is 154 Å². The molecular formula is C19H18N4O4. The lowest BCUT2D eigenvalue weighted by Crippen LogP contribution is -2.40. The molecule has 0 unspecified atom stereocenters. The van der Waals surface area contributed by atoms with E-state index in [2.05, 4.69) is 20.9 Å². The van der Waals surface area contributed by atoms with Crippen molar-refractivity contribution >= 4 is 34.3 Å². The number of hydrogen-bond acceptors (Lipinski definition) is 4. The van der Waals surface area contributed by atoms with E-state index in [-0.39, 0.29) is 24.7 Å². The van der Waals surface area contributed by atoms with Crippen LogP contribution in [0.3, 0.4) is 0 Å². The lowest BCUT2D eigenvalue weighted by atomic mass is 10.2. The zero-order valence-corrected chi connectivity index (χ0v) is 14.3. The molecule has 0 radical (unpaired) electrons. The average molecular weight is 366 g/mol. The Balaban J connectivity index is 1.43. The number of rotatable bonds is 5. The van der Waals surface area contributed by atoms with Gasteiger partial charge in [0.05, 0.1) is 0 Å². The van der Waals surface area contributed by atoms with E-state index >= 15 is 0 Å². The van der Waals surface area contributed by atoms with Gasteiger partial charge in [-0.25, -0.2) is 0 Å². The number of benzene rings is 2. The van der Waals surface area contributed by atoms with Crippen molar-refractivity contribution in [1.82, 2.24) is 15.6 Å². The SMILES string of the molecule is O=C(NCCNC(=O)c1cc2ccccc2[nH]1)C(=O)Nc1cccc(O)c1. The van der Waals surface area contributed by atoms with E-state index in [4.69, 9.17) is 0 Å². The van der Waals surface area contributed by atoms with Crippen LogP contribution in [-0.4, -0.2) is 40.9 Å². The Morgan fingerprint density at radius 3 is 2.44 bits per heavy atom. The normalized spacial score (nSPS) is 10.4. The molecule has 2 aromatic carbocycles. The lowest BCUT2D eigenvalue weighted by Gasteiger charge is -2.07. The highest BCUT2D eigenvalue weighted by Gasteiger charge is 2.14. The van der Waals surface area contributed by atoms with Crippen LogP contribution in [0.15, 0.2) is 54.6 Å². The van der Waals surface area contributed by atoms with E-state index in [1.165, 1.54) is 12.1 Å². The molecule has 0 aliphatic rings. The lowest BCUT2D eigenvalue weighted by molar-refractivity contribution is -0.136. The predicted octanol–water partition coefficient (Wildman–Crippen LogP) is 1.36. The van der Waals surface area contributed by atoms with Gasteiger partial charge < -0.3 is 26.0 Å². The summed E-state index contributed by atoms with van der Waals surface area (Å²) in [4.78, 5) is 38.7. The van der Waals surface area contributed by atoms with Crippen LogP contribution in [0, 0.1) is 0 Å². The highest BCUT2D eigenvalue weighted by atomic mass is 16.3. The number of aromatic amines is 1. The maximum atomic E-state index is 12.1. The van der Waals surface area contributed by atoms with Gasteiger partial charge >= 0.3 is 11.8 Å². The van der Waals surface area contributed by atoms with Gasteiger partial charge in [-0.1, -0.05) is 24.3 Å². The summed E-state index contributed by atoms with van der Waals surface area (Å²) < 4.78 is 0. The van der Waals surface area contributed by atoms with E-state index in [1.54, 1.807) is 18.2 Å². The maximum absolute atomic E-state index is 12.1. The smallest absolute Gasteiger partial charge is 0.313 e. The fourth-order valence-corrected chi connectivity index (χ4v) is 2.49. The summed E-state index contributed by atoms with van der Waals surface area (Å²) in [6.07, 6.45) is 0. The van der Waals surface area contributed by atoms with Crippen molar-refractivity contribution < 1.29 is 19.5 Å². The Morgan fingerprint density at radius 1 is 0.889 bits per heavy atom. The average Bonchev–Trinajstić information content (AvgIpc) is 3.09. The number of phenolic OH excluding ortho intramolecular Hbond substituents is 1. The quantitative estimate of drug-likeness (QED) is 0.345. The molecule has 0 saturated heterocycles. The Hall–Kier alpha value is -3.81. The van der Waals surface area contributed by atoms with E-state index in [1.807, 2.05) is 24.3 Å². The molecule has 0 atom stereocenters. The number of para-hydroxylation sites is 1. The first-order chi connectivity index (χ1) is 13.0. The fourth-order valence-electron chi connectivity index (χ4n) is 2.49. The molecule has 3 rings (SSSR count). The van der Waals surface area contributed by atoms with Gasteiger partial charge in [-0.3, -0.25) is 14.4 Å². The van der Waals surface area contributed by atoms with Gasteiger partial charge in [0.25, 0.3) is 5.91 Å². The first-order valence-electron chi connectivity index (χ1n) is 8.27. The Kier molecular flexibility index (Phi) is 5.36. The molecule has 1 aromatic heterocycles. The second kappa shape index (κ2) is 8.05. The predicted molar refractivity (Wildman–Crippen MR) is 100 cm³/mol. The minimum Gasteiger partial charge on any atom is -0.508 e. The molecule has 8 nitrogen and oxygen atoms in total. The largest absolute Gasteiger partial charge is 0.508 e. The second-order valence-corrected chi connectivity index (χ2v) is 5.79. The zero-order chi connectivity index (χ0) is 19.2. The first kappa shape index (κ1) is 18.0. The second-order valence-electron chi connectivity index (χ2n) is 5.79. The molecule has 8 heteroatoms. The number of hydrogen-bond donors (Lipinski definition) is 5. The summed E-state index contributed by atoms with van der Waals surface area (Å²) in [7, 11) is 0. The van der Waals surface area contributed by atoms with Crippen LogP contribution in [0.5, 0.6) is 5.75 Å². The fraction of sp³-hybridized carbons (Fsp3) is 0.105. The van der Waals surface area contributed by atoms with Gasteiger partial charge in [0.2, 0.25) is 0 Å². The van der Waals surface area contributed by atoms with E-state index in [9.17, 15) is 19.5 Å². The third kappa shape index (κ3) is 4.63. The molecule has 0 aliphatic carbocycles. The number of nitrogens with one attached hydrogen (secondary N) is 4. The Morgan fingerprint density at radius 2 is 1.67 bits per heavy atom. The summed E-state index contributed by atoms with van der Waals surface area (Å²) in [6, 6.07) is 15.1. The summed E-state index contributed by atoms with van der Waals surface area (Å²) >= 11 is 0. The van der Waals surface area contributed by atoms with Crippen LogP contribution in [0.4, 0.5) is 5.69 Å². The number of carbonyl (C=O) groups is 3. The molecule has 0 bridgehead atoms. The molecule has 0 spiro atoms. The topological polar surface area (TPSA) is 123 Å². The third-order valence-electron chi connectivity index (χ3n) is 3.78. The van der Waals surface area contributed by atoms with Crippen molar-refractivity contribution in [2.75, 3.05) is 18.4 Å². The minimum atomic E-state index is -0.859. The molecule has 138 valence electrons. The molecule has 0 aliphatic heterocycles. The van der Waals surface area contributed by atoms with Crippen LogP contribution in [0.1, 0.15) is 10.5 Å². The molecular weight excluding hydrogens is 348 g/mol. The number of phenols is 1. The van der Waals surface area contributed by atoms with E-state index in [0.717, 1.165) is 10.9 Å². The monoisotopic (exact) mass is 366 g/mol. The van der Waals surface area contributed by atoms with Crippen LogP contribution < -0.4 is 16.0 Å². The summed E-state index contributed by atoms with van der Waals surface area (Å²) in [5.74, 6) is -2.02. The third-order valence-corrected chi connectivity index (χ3v) is 3.78. The van der Waals surface area contributed by atoms with Gasteiger partial charge in [-0.15, -0.1) is 0 Å². The van der Waals surface area contributed by atoms with Crippen molar-refractivity contribution in [3.63, 3.8) is 0 Å². The summed E-state index contributed by atoms with van der Waals surface area (Å²) in [5, 5.41) is 17.7. The van der Waals surface area contributed by atoms with Crippen molar-refractivity contribution in [3.05, 3.63) is 60.3 Å². The number of fused-ring (bicyclic) bond motifs is 1. The molecule has 5 N–H and O–H groups in total. The van der Waals surface area contributed by atoms with Crippen LogP contribution in [-0.2, 0) is 9.59 Å².